The highest BCUT2D eigenvalue weighted by molar-refractivity contribution is 7.98. The van der Waals surface area contributed by atoms with Gasteiger partial charge in [0, 0.05) is 17.0 Å². The zero-order valence-electron chi connectivity index (χ0n) is 20.4. The van der Waals surface area contributed by atoms with Crippen LogP contribution in [0.5, 0.6) is 0 Å². The van der Waals surface area contributed by atoms with Gasteiger partial charge in [-0.05, 0) is 80.7 Å². The number of aryl methyl sites for hydroxylation is 1. The van der Waals surface area contributed by atoms with Crippen LogP contribution in [-0.2, 0) is 9.71 Å². The number of hydrogen-bond donors (Lipinski definition) is 1. The Morgan fingerprint density at radius 1 is 1.30 bits per heavy atom. The molecule has 3 rings (SSSR count). The van der Waals surface area contributed by atoms with Gasteiger partial charge in [0.25, 0.3) is 0 Å². The second-order valence-electron chi connectivity index (χ2n) is 9.53. The maximum absolute atomic E-state index is 13.5. The molecule has 0 amide bonds. The minimum absolute atomic E-state index is 0.337. The molecule has 6 nitrogen and oxygen atoms in total. The summed E-state index contributed by atoms with van der Waals surface area (Å²) in [7, 11) is -2.64. The van der Waals surface area contributed by atoms with Gasteiger partial charge < -0.3 is 0 Å². The van der Waals surface area contributed by atoms with E-state index in [1.54, 1.807) is 17.1 Å². The van der Waals surface area contributed by atoms with Crippen molar-refractivity contribution in [1.82, 2.24) is 19.5 Å². The van der Waals surface area contributed by atoms with E-state index in [9.17, 15) is 4.21 Å². The summed E-state index contributed by atoms with van der Waals surface area (Å²) in [6.07, 6.45) is 12.3. The van der Waals surface area contributed by atoms with Crippen LogP contribution < -0.4 is 4.72 Å². The van der Waals surface area contributed by atoms with E-state index in [2.05, 4.69) is 34.2 Å². The van der Waals surface area contributed by atoms with Crippen LogP contribution >= 0.6 is 0 Å². The molecule has 178 valence electrons. The first-order valence-electron chi connectivity index (χ1n) is 11.6. The molecule has 1 aromatic heterocycles. The minimum Gasteiger partial charge on any atom is -0.248 e. The molecule has 0 aliphatic heterocycles. The highest BCUT2D eigenvalue weighted by Crippen LogP contribution is 2.38. The molecule has 1 heterocycles. The Morgan fingerprint density at radius 3 is 2.64 bits per heavy atom. The molecular weight excluding hydrogens is 430 g/mol. The largest absolute Gasteiger partial charge is 0.248 e. The number of nitrogens with zero attached hydrogens (tertiary/aromatic N) is 4. The van der Waals surface area contributed by atoms with Crippen molar-refractivity contribution in [2.45, 2.75) is 71.1 Å². The van der Waals surface area contributed by atoms with Crippen LogP contribution in [0.15, 0.2) is 59.0 Å². The molecule has 0 radical (unpaired) electrons. The van der Waals surface area contributed by atoms with Crippen molar-refractivity contribution in [2.24, 2.45) is 10.4 Å². The lowest BCUT2D eigenvalue weighted by atomic mass is 9.73. The van der Waals surface area contributed by atoms with E-state index >= 15 is 0 Å². The quantitative estimate of drug-likeness (QED) is 0.396. The zero-order valence-corrected chi connectivity index (χ0v) is 21.2. The summed E-state index contributed by atoms with van der Waals surface area (Å²) in [6, 6.07) is 5.78. The normalized spacial score (nSPS) is 17.9. The summed E-state index contributed by atoms with van der Waals surface area (Å²) in [5.74, 6) is 4.73. The van der Waals surface area contributed by atoms with Gasteiger partial charge >= 0.3 is 0 Å². The van der Waals surface area contributed by atoms with Crippen molar-refractivity contribution in [1.29, 1.82) is 0 Å². The summed E-state index contributed by atoms with van der Waals surface area (Å²) in [5.41, 5.74) is 3.91. The zero-order chi connectivity index (χ0) is 24.1. The van der Waals surface area contributed by atoms with Crippen LogP contribution in [0.25, 0.3) is 5.82 Å². The van der Waals surface area contributed by atoms with E-state index in [1.807, 2.05) is 39.0 Å². The molecule has 0 spiro atoms. The maximum Gasteiger partial charge on any atom is 0.154 e. The van der Waals surface area contributed by atoms with E-state index in [0.717, 1.165) is 23.1 Å². The Labute approximate surface area is 199 Å². The lowest BCUT2D eigenvalue weighted by Gasteiger charge is -2.33. The van der Waals surface area contributed by atoms with Crippen LogP contribution in [0.2, 0.25) is 0 Å². The van der Waals surface area contributed by atoms with Gasteiger partial charge in [-0.2, -0.15) is 5.10 Å². The Kier molecular flexibility index (Phi) is 8.08. The second-order valence-corrected chi connectivity index (χ2v) is 11.6. The van der Waals surface area contributed by atoms with Gasteiger partial charge in [-0.1, -0.05) is 38.8 Å². The van der Waals surface area contributed by atoms with Gasteiger partial charge in [-0.15, -0.1) is 0 Å². The number of hydrogen-bond acceptors (Lipinski definition) is 4. The van der Waals surface area contributed by atoms with Crippen LogP contribution in [0.1, 0.15) is 70.4 Å². The summed E-state index contributed by atoms with van der Waals surface area (Å²) in [6.45, 7) is 13.0. The fourth-order valence-electron chi connectivity index (χ4n) is 4.38. The number of nitrogens with one attached hydrogen (secondary N) is 1. The third-order valence-electron chi connectivity index (χ3n) is 6.49. The molecule has 1 aromatic carbocycles. The molecular formula is C26H37N5OS. The Bertz CT molecular complexity index is 1130. The molecule has 1 N–H and O–H groups in total. The van der Waals surface area contributed by atoms with Gasteiger partial charge in [-0.25, -0.2) is 23.6 Å². The third-order valence-corrected chi connectivity index (χ3v) is 8.18. The Morgan fingerprint density at radius 2 is 2.03 bits per heavy atom. The monoisotopic (exact) mass is 467 g/mol. The summed E-state index contributed by atoms with van der Waals surface area (Å²) in [4.78, 5) is 9.53. The topological polar surface area (TPSA) is 72.2 Å². The van der Waals surface area contributed by atoms with Crippen molar-refractivity contribution in [2.75, 3.05) is 6.54 Å². The molecule has 7 heteroatoms. The molecule has 1 aliphatic carbocycles. The molecule has 1 aliphatic rings. The average molecular weight is 468 g/mol. The molecule has 1 saturated carbocycles. The highest BCUT2D eigenvalue weighted by atomic mass is 32.2. The second kappa shape index (κ2) is 10.6. The predicted octanol–water partition coefficient (Wildman–Crippen LogP) is 5.41. The Hall–Kier alpha value is -2.51. The van der Waals surface area contributed by atoms with E-state index in [0.29, 0.717) is 28.4 Å². The smallest absolute Gasteiger partial charge is 0.154 e. The van der Waals surface area contributed by atoms with Crippen molar-refractivity contribution in [3.8, 4) is 0 Å². The van der Waals surface area contributed by atoms with Crippen LogP contribution in [0, 0.1) is 12.3 Å². The first-order valence-corrected chi connectivity index (χ1v) is 13.3. The molecule has 2 aromatic rings. The number of benzene rings is 1. The first-order chi connectivity index (χ1) is 15.6. The summed E-state index contributed by atoms with van der Waals surface area (Å²) in [5, 5.41) is 4.22. The lowest BCUT2D eigenvalue weighted by Crippen LogP contribution is -2.30. The van der Waals surface area contributed by atoms with Gasteiger partial charge in [0.15, 0.2) is 5.82 Å². The SMILES string of the molecule is C=C/C(=N\C(=C(C)C)n1cncn1)c1cc(S(=C)(=O)NCCC2(C)CCCCC2)ccc1C. The summed E-state index contributed by atoms with van der Waals surface area (Å²) < 4.78 is 18.4. The molecule has 33 heavy (non-hydrogen) atoms. The fourth-order valence-corrected chi connectivity index (χ4v) is 5.57. The number of allylic oxidation sites excluding steroid dienone is 2. The van der Waals surface area contributed by atoms with Crippen molar-refractivity contribution in [3.05, 3.63) is 60.2 Å². The van der Waals surface area contributed by atoms with E-state index in [1.165, 1.54) is 38.4 Å². The van der Waals surface area contributed by atoms with Crippen molar-refractivity contribution in [3.63, 3.8) is 0 Å². The molecule has 0 saturated heterocycles. The Balaban J connectivity index is 1.85. The molecule has 1 atom stereocenters. The van der Waals surface area contributed by atoms with Crippen molar-refractivity contribution >= 4 is 27.1 Å². The number of aliphatic imine (C=N–C) groups is 1. The van der Waals surface area contributed by atoms with Crippen LogP contribution in [-0.4, -0.2) is 37.1 Å². The fraction of sp³-hybridized carbons (Fsp3) is 0.462. The van der Waals surface area contributed by atoms with Crippen molar-refractivity contribution < 1.29 is 4.21 Å². The first kappa shape index (κ1) is 25.1. The highest BCUT2D eigenvalue weighted by Gasteiger charge is 2.26. The lowest BCUT2D eigenvalue weighted by molar-refractivity contribution is 0.201. The number of rotatable bonds is 9. The van der Waals surface area contributed by atoms with E-state index < -0.39 is 9.71 Å². The minimum atomic E-state index is -2.64. The van der Waals surface area contributed by atoms with Gasteiger partial charge in [-0.3, -0.25) is 0 Å². The molecule has 1 fully saturated rings. The van der Waals surface area contributed by atoms with E-state index in [4.69, 9.17) is 4.99 Å². The molecule has 1 unspecified atom stereocenters. The number of aromatic nitrogens is 3. The van der Waals surface area contributed by atoms with Gasteiger partial charge in [0.2, 0.25) is 0 Å². The maximum atomic E-state index is 13.5. The summed E-state index contributed by atoms with van der Waals surface area (Å²) >= 11 is 0. The predicted molar refractivity (Wildman–Crippen MR) is 140 cm³/mol. The third kappa shape index (κ3) is 6.30. The van der Waals surface area contributed by atoms with Crippen LogP contribution in [0.4, 0.5) is 0 Å². The van der Waals surface area contributed by atoms with Gasteiger partial charge in [0.05, 0.1) is 15.4 Å². The van der Waals surface area contributed by atoms with Gasteiger partial charge in [0.1, 0.15) is 12.7 Å². The molecule has 0 bridgehead atoms. The standard InChI is InChI=1S/C26H37N5OS/c1-7-24(30-25(20(2)3)31-19-27-18-28-31)23-17-22(12-11-21(23)4)33(6,32)29-16-15-26(5)13-9-8-10-14-26/h7,11-12,17-19H,1,6,8-10,13-16H2,2-5H3,(H,29,32)/b30-24+. The van der Waals surface area contributed by atoms with Crippen LogP contribution in [0.3, 0.4) is 0 Å². The average Bonchev–Trinajstić information content (AvgIpc) is 3.29. The van der Waals surface area contributed by atoms with E-state index in [-0.39, 0.29) is 0 Å².